The first-order valence-corrected chi connectivity index (χ1v) is 7.85. The van der Waals surface area contributed by atoms with E-state index in [2.05, 4.69) is 16.7 Å². The highest BCUT2D eigenvalue weighted by Crippen LogP contribution is 2.36. The largest absolute Gasteiger partial charge is 0.383 e. The summed E-state index contributed by atoms with van der Waals surface area (Å²) in [4.78, 5) is 5.16. The van der Waals surface area contributed by atoms with Crippen molar-refractivity contribution in [2.75, 3.05) is 53.6 Å². The summed E-state index contributed by atoms with van der Waals surface area (Å²) in [5.74, 6) is 0. The first-order valence-electron chi connectivity index (χ1n) is 7.85. The predicted molar refractivity (Wildman–Crippen MR) is 80.9 cm³/mol. The van der Waals surface area contributed by atoms with Crippen LogP contribution in [-0.2, 0) is 9.47 Å². The maximum absolute atomic E-state index is 6.21. The molecule has 2 aliphatic rings. The molecule has 0 spiro atoms. The van der Waals surface area contributed by atoms with E-state index in [1.165, 1.54) is 19.4 Å². The summed E-state index contributed by atoms with van der Waals surface area (Å²) < 4.78 is 10.7. The maximum Gasteiger partial charge on any atom is 0.0615 e. The molecule has 5 heteroatoms. The molecule has 5 nitrogen and oxygen atoms in total. The molecule has 2 N–H and O–H groups in total. The molecule has 1 aliphatic heterocycles. The zero-order valence-corrected chi connectivity index (χ0v) is 13.3. The average molecular weight is 285 g/mol. The number of ether oxygens (including phenoxy) is 2. The minimum absolute atomic E-state index is 0.0963. The molecule has 0 radical (unpaired) electrons. The molecule has 2 rings (SSSR count). The van der Waals surface area contributed by atoms with E-state index >= 15 is 0 Å². The van der Waals surface area contributed by atoms with Gasteiger partial charge in [0.05, 0.1) is 13.2 Å². The molecule has 118 valence electrons. The lowest BCUT2D eigenvalue weighted by Crippen LogP contribution is -2.60. The second kappa shape index (κ2) is 7.18. The van der Waals surface area contributed by atoms with Crippen LogP contribution in [0.3, 0.4) is 0 Å². The Morgan fingerprint density at radius 3 is 2.65 bits per heavy atom. The normalized spacial score (nSPS) is 29.2. The van der Waals surface area contributed by atoms with Crippen molar-refractivity contribution >= 4 is 0 Å². The standard InChI is InChI=1S/C15H31N3O2/c1-13(10-20-3)18(8-9-19-2)15(11-16)6-7-17(12-15)14-4-5-14/h13-14H,4-12,16H2,1-3H3. The highest BCUT2D eigenvalue weighted by atomic mass is 16.5. The first-order chi connectivity index (χ1) is 9.66. The number of nitrogens with zero attached hydrogens (tertiary/aromatic N) is 2. The number of rotatable bonds is 9. The predicted octanol–water partition coefficient (Wildman–Crippen LogP) is 0.535. The topological polar surface area (TPSA) is 51.0 Å². The number of methoxy groups -OCH3 is 2. The van der Waals surface area contributed by atoms with Crippen molar-refractivity contribution < 1.29 is 9.47 Å². The lowest BCUT2D eigenvalue weighted by Gasteiger charge is -2.44. The third-order valence-electron chi connectivity index (χ3n) is 4.89. The summed E-state index contributed by atoms with van der Waals surface area (Å²) >= 11 is 0. The fourth-order valence-corrected chi connectivity index (χ4v) is 3.60. The van der Waals surface area contributed by atoms with E-state index in [0.717, 1.165) is 38.8 Å². The third-order valence-corrected chi connectivity index (χ3v) is 4.89. The molecule has 0 aromatic carbocycles. The quantitative estimate of drug-likeness (QED) is 0.670. The van der Waals surface area contributed by atoms with Crippen LogP contribution in [-0.4, -0.2) is 81.0 Å². The SMILES string of the molecule is COCCN(C(C)COC)C1(CN)CCN(C2CC2)C1. The van der Waals surface area contributed by atoms with Crippen molar-refractivity contribution in [3.05, 3.63) is 0 Å². The number of nitrogens with two attached hydrogens (primary N) is 1. The Balaban J connectivity index is 2.06. The maximum atomic E-state index is 6.21. The third kappa shape index (κ3) is 3.52. The van der Waals surface area contributed by atoms with Crippen LogP contribution in [0.4, 0.5) is 0 Å². The molecule has 2 unspecified atom stereocenters. The second-order valence-corrected chi connectivity index (χ2v) is 6.37. The van der Waals surface area contributed by atoms with Crippen LogP contribution in [0.25, 0.3) is 0 Å². The van der Waals surface area contributed by atoms with E-state index < -0.39 is 0 Å². The van der Waals surface area contributed by atoms with E-state index in [0.29, 0.717) is 12.6 Å². The lowest BCUT2D eigenvalue weighted by molar-refractivity contribution is 0.00313. The molecule has 2 atom stereocenters. The van der Waals surface area contributed by atoms with Crippen LogP contribution in [0, 0.1) is 0 Å². The number of hydrogen-bond acceptors (Lipinski definition) is 5. The van der Waals surface area contributed by atoms with Crippen molar-refractivity contribution in [2.45, 2.75) is 43.8 Å². The zero-order valence-electron chi connectivity index (χ0n) is 13.3. The molecule has 1 heterocycles. The minimum atomic E-state index is 0.0963. The molecule has 0 aromatic rings. The van der Waals surface area contributed by atoms with E-state index in [4.69, 9.17) is 15.2 Å². The van der Waals surface area contributed by atoms with Crippen molar-refractivity contribution in [3.63, 3.8) is 0 Å². The highest BCUT2D eigenvalue weighted by Gasteiger charge is 2.46. The van der Waals surface area contributed by atoms with Crippen LogP contribution >= 0.6 is 0 Å². The summed E-state index contributed by atoms with van der Waals surface area (Å²) in [5.41, 5.74) is 6.30. The summed E-state index contributed by atoms with van der Waals surface area (Å²) in [7, 11) is 3.53. The van der Waals surface area contributed by atoms with Gasteiger partial charge in [-0.2, -0.15) is 0 Å². The lowest BCUT2D eigenvalue weighted by atomic mass is 9.94. The molecule has 1 aliphatic carbocycles. The van der Waals surface area contributed by atoms with Crippen molar-refractivity contribution in [1.29, 1.82) is 0 Å². The summed E-state index contributed by atoms with van der Waals surface area (Å²) in [5, 5.41) is 0. The van der Waals surface area contributed by atoms with Crippen LogP contribution in [0.1, 0.15) is 26.2 Å². The van der Waals surface area contributed by atoms with Gasteiger partial charge in [0.25, 0.3) is 0 Å². The monoisotopic (exact) mass is 285 g/mol. The van der Waals surface area contributed by atoms with Gasteiger partial charge in [0.1, 0.15) is 0 Å². The number of hydrogen-bond donors (Lipinski definition) is 1. The zero-order chi connectivity index (χ0) is 14.6. The Hall–Kier alpha value is -0.200. The van der Waals surface area contributed by atoms with E-state index in [1.54, 1.807) is 14.2 Å². The molecule has 1 saturated heterocycles. The van der Waals surface area contributed by atoms with Gasteiger partial charge in [-0.25, -0.2) is 0 Å². The van der Waals surface area contributed by atoms with Crippen molar-refractivity contribution in [1.82, 2.24) is 9.80 Å². The molecule has 1 saturated carbocycles. The molecule has 0 bridgehead atoms. The van der Waals surface area contributed by atoms with Crippen molar-refractivity contribution in [3.8, 4) is 0 Å². The summed E-state index contributed by atoms with van der Waals surface area (Å²) in [6.45, 7) is 7.66. The molecule has 2 fully saturated rings. The molecule has 20 heavy (non-hydrogen) atoms. The highest BCUT2D eigenvalue weighted by molar-refractivity contribution is 5.04. The Kier molecular flexibility index (Phi) is 5.81. The van der Waals surface area contributed by atoms with Gasteiger partial charge in [0.2, 0.25) is 0 Å². The Bertz CT molecular complexity index is 299. The van der Waals surface area contributed by atoms with Crippen LogP contribution < -0.4 is 5.73 Å². The first kappa shape index (κ1) is 16.2. The van der Waals surface area contributed by atoms with Gasteiger partial charge in [0, 0.05) is 58.0 Å². The van der Waals surface area contributed by atoms with Gasteiger partial charge in [-0.05, 0) is 26.2 Å². The summed E-state index contributed by atoms with van der Waals surface area (Å²) in [6, 6.07) is 1.20. The van der Waals surface area contributed by atoms with E-state index in [-0.39, 0.29) is 5.54 Å². The van der Waals surface area contributed by atoms with Crippen molar-refractivity contribution in [2.24, 2.45) is 5.73 Å². The molecular weight excluding hydrogens is 254 g/mol. The van der Waals surface area contributed by atoms with Gasteiger partial charge in [-0.3, -0.25) is 9.80 Å². The van der Waals surface area contributed by atoms with E-state index in [1.807, 2.05) is 0 Å². The molecule has 0 amide bonds. The second-order valence-electron chi connectivity index (χ2n) is 6.37. The smallest absolute Gasteiger partial charge is 0.0615 e. The average Bonchev–Trinajstić information content (AvgIpc) is 3.21. The molecular formula is C15H31N3O2. The molecule has 0 aromatic heterocycles. The van der Waals surface area contributed by atoms with E-state index in [9.17, 15) is 0 Å². The van der Waals surface area contributed by atoms with Crippen LogP contribution in [0.15, 0.2) is 0 Å². The fourth-order valence-electron chi connectivity index (χ4n) is 3.60. The van der Waals surface area contributed by atoms with Gasteiger partial charge in [-0.1, -0.05) is 0 Å². The van der Waals surface area contributed by atoms with Gasteiger partial charge >= 0.3 is 0 Å². The van der Waals surface area contributed by atoms with Gasteiger partial charge in [-0.15, -0.1) is 0 Å². The van der Waals surface area contributed by atoms with Crippen LogP contribution in [0.5, 0.6) is 0 Å². The Morgan fingerprint density at radius 1 is 1.35 bits per heavy atom. The number of likely N-dealkylation sites (tertiary alicyclic amines) is 1. The van der Waals surface area contributed by atoms with Gasteiger partial charge in [0.15, 0.2) is 0 Å². The fraction of sp³-hybridized carbons (Fsp3) is 1.00. The Morgan fingerprint density at radius 2 is 2.10 bits per heavy atom. The summed E-state index contributed by atoms with van der Waals surface area (Å²) in [6.07, 6.45) is 3.90. The Labute approximate surface area is 123 Å². The van der Waals surface area contributed by atoms with Gasteiger partial charge < -0.3 is 15.2 Å². The minimum Gasteiger partial charge on any atom is -0.383 e. The van der Waals surface area contributed by atoms with Crippen LogP contribution in [0.2, 0.25) is 0 Å².